The smallest absolute Gasteiger partial charge is 0.341 e. The zero-order valence-corrected chi connectivity index (χ0v) is 17.1. The second-order valence-corrected chi connectivity index (χ2v) is 7.68. The van der Waals surface area contributed by atoms with E-state index >= 15 is 0 Å². The van der Waals surface area contributed by atoms with Crippen molar-refractivity contribution in [3.05, 3.63) is 65.5 Å². The number of esters is 1. The number of aromatic nitrogens is 2. The molecule has 1 aromatic carbocycles. The molecule has 1 aliphatic heterocycles. The van der Waals surface area contributed by atoms with Gasteiger partial charge in [-0.3, -0.25) is 0 Å². The number of nitrogens with zero attached hydrogens (tertiary/aromatic N) is 3. The zero-order chi connectivity index (χ0) is 20.2. The van der Waals surface area contributed by atoms with E-state index in [-0.39, 0.29) is 5.97 Å². The van der Waals surface area contributed by atoms with Crippen LogP contribution in [0.2, 0.25) is 0 Å². The number of hydrogen-bond donors (Lipinski definition) is 0. The summed E-state index contributed by atoms with van der Waals surface area (Å²) in [6.07, 6.45) is 4.93. The van der Waals surface area contributed by atoms with Gasteiger partial charge in [-0.1, -0.05) is 30.3 Å². The maximum atomic E-state index is 12.6. The molecule has 0 radical (unpaired) electrons. The minimum Gasteiger partial charge on any atom is -0.462 e. The first-order valence-corrected chi connectivity index (χ1v) is 10.4. The van der Waals surface area contributed by atoms with Gasteiger partial charge in [0.25, 0.3) is 0 Å². The molecule has 5 nitrogen and oxygen atoms in total. The molecule has 0 unspecified atom stereocenters. The van der Waals surface area contributed by atoms with Gasteiger partial charge in [-0.2, -0.15) is 0 Å². The van der Waals surface area contributed by atoms with Crippen molar-refractivity contribution in [2.24, 2.45) is 5.92 Å². The average molecular weight is 389 g/mol. The SMILES string of the molecule is CCOC(=O)c1cnc2nc(C)ccc2c1N1CCC(Cc2ccccc2)CC1. The number of rotatable bonds is 5. The monoisotopic (exact) mass is 389 g/mol. The van der Waals surface area contributed by atoms with Gasteiger partial charge in [0.15, 0.2) is 5.65 Å². The third-order valence-electron chi connectivity index (χ3n) is 5.63. The summed E-state index contributed by atoms with van der Waals surface area (Å²) in [5.41, 5.74) is 4.44. The zero-order valence-electron chi connectivity index (χ0n) is 17.1. The Hall–Kier alpha value is -2.95. The highest BCUT2D eigenvalue weighted by atomic mass is 16.5. The summed E-state index contributed by atoms with van der Waals surface area (Å²) in [7, 11) is 0. The molecule has 3 heterocycles. The van der Waals surface area contributed by atoms with E-state index in [1.165, 1.54) is 5.56 Å². The number of fused-ring (bicyclic) bond motifs is 1. The molecule has 3 aromatic rings. The summed E-state index contributed by atoms with van der Waals surface area (Å²) in [5, 5.41) is 0.919. The third-order valence-corrected chi connectivity index (χ3v) is 5.63. The minimum atomic E-state index is -0.316. The molecular formula is C24H27N3O2. The fraction of sp³-hybridized carbons (Fsp3) is 0.375. The minimum absolute atomic E-state index is 0.316. The van der Waals surface area contributed by atoms with Crippen molar-refractivity contribution >= 4 is 22.7 Å². The molecule has 0 saturated carbocycles. The lowest BCUT2D eigenvalue weighted by molar-refractivity contribution is 0.0526. The summed E-state index contributed by atoms with van der Waals surface area (Å²) < 4.78 is 5.31. The van der Waals surface area contributed by atoms with Crippen LogP contribution in [0.4, 0.5) is 5.69 Å². The Morgan fingerprint density at radius 2 is 1.90 bits per heavy atom. The van der Waals surface area contributed by atoms with E-state index < -0.39 is 0 Å². The fourth-order valence-corrected chi connectivity index (χ4v) is 4.17. The van der Waals surface area contributed by atoms with Crippen molar-refractivity contribution in [1.82, 2.24) is 9.97 Å². The molecule has 150 valence electrons. The van der Waals surface area contributed by atoms with Crippen molar-refractivity contribution in [1.29, 1.82) is 0 Å². The highest BCUT2D eigenvalue weighted by molar-refractivity contribution is 6.04. The first-order chi connectivity index (χ1) is 14.2. The third kappa shape index (κ3) is 4.24. The Morgan fingerprint density at radius 1 is 1.14 bits per heavy atom. The molecular weight excluding hydrogens is 362 g/mol. The van der Waals surface area contributed by atoms with Gasteiger partial charge in [0, 0.05) is 30.4 Å². The maximum Gasteiger partial charge on any atom is 0.341 e. The summed E-state index contributed by atoms with van der Waals surface area (Å²) in [6, 6.07) is 14.7. The predicted octanol–water partition coefficient (Wildman–Crippen LogP) is 4.57. The molecule has 0 bridgehead atoms. The van der Waals surface area contributed by atoms with Crippen molar-refractivity contribution in [2.45, 2.75) is 33.1 Å². The molecule has 1 saturated heterocycles. The quantitative estimate of drug-likeness (QED) is 0.598. The standard InChI is InChI=1S/C24H27N3O2/c1-3-29-24(28)21-16-25-23-20(10-9-17(2)26-23)22(21)27-13-11-19(12-14-27)15-18-7-5-4-6-8-18/h4-10,16,19H,3,11-15H2,1-2H3. The van der Waals surface area contributed by atoms with E-state index in [1.807, 2.05) is 26.0 Å². The molecule has 0 atom stereocenters. The van der Waals surface area contributed by atoms with Crippen molar-refractivity contribution in [3.8, 4) is 0 Å². The van der Waals surface area contributed by atoms with E-state index in [0.717, 1.165) is 49.1 Å². The van der Waals surface area contributed by atoms with Crippen LogP contribution >= 0.6 is 0 Å². The van der Waals surface area contributed by atoms with Crippen LogP contribution in [0.15, 0.2) is 48.7 Å². The number of piperidine rings is 1. The first kappa shape index (κ1) is 19.4. The Kier molecular flexibility index (Phi) is 5.74. The fourth-order valence-electron chi connectivity index (χ4n) is 4.17. The Labute approximate surface area is 171 Å². The van der Waals surface area contributed by atoms with E-state index in [0.29, 0.717) is 23.7 Å². The van der Waals surface area contributed by atoms with Crippen molar-refractivity contribution < 1.29 is 9.53 Å². The summed E-state index contributed by atoms with van der Waals surface area (Å²) in [6.45, 7) is 5.95. The molecule has 0 spiro atoms. The normalized spacial score (nSPS) is 14.9. The van der Waals surface area contributed by atoms with Gasteiger partial charge in [-0.25, -0.2) is 14.8 Å². The van der Waals surface area contributed by atoms with Crippen LogP contribution in [0, 0.1) is 12.8 Å². The highest BCUT2D eigenvalue weighted by Crippen LogP contribution is 2.33. The molecule has 4 rings (SSSR count). The van der Waals surface area contributed by atoms with Crippen LogP contribution in [-0.2, 0) is 11.2 Å². The Balaban J connectivity index is 1.61. The molecule has 0 aliphatic carbocycles. The lowest BCUT2D eigenvalue weighted by Gasteiger charge is -2.35. The molecule has 2 aromatic heterocycles. The number of hydrogen-bond acceptors (Lipinski definition) is 5. The number of pyridine rings is 2. The van der Waals surface area contributed by atoms with E-state index in [2.05, 4.69) is 45.2 Å². The number of anilines is 1. The van der Waals surface area contributed by atoms with Crippen molar-refractivity contribution in [2.75, 3.05) is 24.6 Å². The van der Waals surface area contributed by atoms with Gasteiger partial charge in [-0.05, 0) is 56.7 Å². The second kappa shape index (κ2) is 8.60. The molecule has 29 heavy (non-hydrogen) atoms. The molecule has 1 aliphatic rings. The number of carbonyl (C=O) groups is 1. The topological polar surface area (TPSA) is 55.3 Å². The molecule has 5 heteroatoms. The number of carbonyl (C=O) groups excluding carboxylic acids is 1. The van der Waals surface area contributed by atoms with Gasteiger partial charge in [-0.15, -0.1) is 0 Å². The number of aryl methyl sites for hydroxylation is 1. The largest absolute Gasteiger partial charge is 0.462 e. The Morgan fingerprint density at radius 3 is 2.62 bits per heavy atom. The lowest BCUT2D eigenvalue weighted by atomic mass is 9.89. The maximum absolute atomic E-state index is 12.6. The van der Waals surface area contributed by atoms with E-state index in [4.69, 9.17) is 4.74 Å². The first-order valence-electron chi connectivity index (χ1n) is 10.4. The van der Waals surface area contributed by atoms with Gasteiger partial charge < -0.3 is 9.64 Å². The van der Waals surface area contributed by atoms with Gasteiger partial charge in [0.1, 0.15) is 5.56 Å². The van der Waals surface area contributed by atoms with Gasteiger partial charge >= 0.3 is 5.97 Å². The van der Waals surface area contributed by atoms with Gasteiger partial charge in [0.2, 0.25) is 0 Å². The van der Waals surface area contributed by atoms with Crippen molar-refractivity contribution in [3.63, 3.8) is 0 Å². The number of benzene rings is 1. The average Bonchev–Trinajstić information content (AvgIpc) is 2.74. The highest BCUT2D eigenvalue weighted by Gasteiger charge is 2.26. The molecule has 0 N–H and O–H groups in total. The summed E-state index contributed by atoms with van der Waals surface area (Å²) in [5.74, 6) is 0.344. The molecule has 0 amide bonds. The van der Waals surface area contributed by atoms with Crippen LogP contribution < -0.4 is 4.90 Å². The van der Waals surface area contributed by atoms with Crippen LogP contribution in [-0.4, -0.2) is 35.6 Å². The van der Waals surface area contributed by atoms with Crippen LogP contribution in [0.25, 0.3) is 11.0 Å². The van der Waals surface area contributed by atoms with E-state index in [1.54, 1.807) is 6.20 Å². The summed E-state index contributed by atoms with van der Waals surface area (Å²) >= 11 is 0. The van der Waals surface area contributed by atoms with Crippen LogP contribution in [0.1, 0.15) is 41.4 Å². The van der Waals surface area contributed by atoms with Gasteiger partial charge in [0.05, 0.1) is 12.3 Å². The van der Waals surface area contributed by atoms with Crippen LogP contribution in [0.5, 0.6) is 0 Å². The van der Waals surface area contributed by atoms with E-state index in [9.17, 15) is 4.79 Å². The Bertz CT molecular complexity index is 996. The second-order valence-electron chi connectivity index (χ2n) is 7.68. The molecule has 1 fully saturated rings. The summed E-state index contributed by atoms with van der Waals surface area (Å²) in [4.78, 5) is 23.9. The predicted molar refractivity (Wildman–Crippen MR) is 115 cm³/mol. The van der Waals surface area contributed by atoms with Crippen LogP contribution in [0.3, 0.4) is 0 Å². The number of ether oxygens (including phenoxy) is 1. The lowest BCUT2D eigenvalue weighted by Crippen LogP contribution is -2.35.